The van der Waals surface area contributed by atoms with E-state index >= 15 is 0 Å². The molecule has 3 rings (SSSR count). The number of rotatable bonds is 5. The highest BCUT2D eigenvalue weighted by Gasteiger charge is 2.34. The van der Waals surface area contributed by atoms with Gasteiger partial charge in [-0.05, 0) is 17.7 Å². The van der Waals surface area contributed by atoms with Gasteiger partial charge >= 0.3 is 6.03 Å². The summed E-state index contributed by atoms with van der Waals surface area (Å²) in [5.74, 6) is -0.925. The lowest BCUT2D eigenvalue weighted by molar-refractivity contribution is -0.129. The predicted molar refractivity (Wildman–Crippen MR) is 84.0 cm³/mol. The van der Waals surface area contributed by atoms with Crippen LogP contribution >= 0.6 is 0 Å². The summed E-state index contributed by atoms with van der Waals surface area (Å²) in [6, 6.07) is 5.52. The van der Waals surface area contributed by atoms with Gasteiger partial charge in [-0.15, -0.1) is 5.10 Å². The van der Waals surface area contributed by atoms with Crippen molar-refractivity contribution in [1.29, 1.82) is 0 Å². The number of aromatic nitrogens is 3. The van der Waals surface area contributed by atoms with Crippen molar-refractivity contribution in [3.05, 3.63) is 41.5 Å². The highest BCUT2D eigenvalue weighted by atomic mass is 19.1. The average Bonchev–Trinajstić information content (AvgIpc) is 3.07. The zero-order chi connectivity index (χ0) is 18.0. The molecule has 0 unspecified atom stereocenters. The van der Waals surface area contributed by atoms with Crippen LogP contribution in [-0.4, -0.2) is 63.0 Å². The summed E-state index contributed by atoms with van der Waals surface area (Å²) in [6.45, 7) is -0.458. The summed E-state index contributed by atoms with van der Waals surface area (Å²) in [6.07, 6.45) is 0.314. The Kier molecular flexibility index (Phi) is 4.42. The molecule has 2 aromatic rings. The van der Waals surface area contributed by atoms with Crippen molar-refractivity contribution in [2.75, 3.05) is 25.5 Å². The maximum atomic E-state index is 13.2. The van der Waals surface area contributed by atoms with Gasteiger partial charge in [0.1, 0.15) is 24.7 Å². The van der Waals surface area contributed by atoms with Gasteiger partial charge in [-0.2, -0.15) is 4.98 Å². The maximum Gasteiger partial charge on any atom is 0.327 e. The molecule has 1 aromatic carbocycles. The Labute approximate surface area is 141 Å². The first-order valence-corrected chi connectivity index (χ1v) is 7.43. The lowest BCUT2D eigenvalue weighted by Gasteiger charge is -2.12. The Morgan fingerprint density at radius 1 is 1.40 bits per heavy atom. The molecule has 1 aliphatic heterocycles. The van der Waals surface area contributed by atoms with Crippen molar-refractivity contribution >= 4 is 23.8 Å². The van der Waals surface area contributed by atoms with E-state index in [9.17, 15) is 18.8 Å². The number of nitrogens with one attached hydrogen (secondary N) is 2. The second-order valence-corrected chi connectivity index (χ2v) is 5.58. The zero-order valence-corrected chi connectivity index (χ0v) is 13.3. The summed E-state index contributed by atoms with van der Waals surface area (Å²) < 4.78 is 13.2. The third kappa shape index (κ3) is 3.79. The van der Waals surface area contributed by atoms with E-state index in [0.29, 0.717) is 17.8 Å². The van der Waals surface area contributed by atoms with Gasteiger partial charge in [-0.1, -0.05) is 12.1 Å². The molecule has 0 spiro atoms. The van der Waals surface area contributed by atoms with E-state index in [-0.39, 0.29) is 18.3 Å². The van der Waals surface area contributed by atoms with Gasteiger partial charge in [-0.3, -0.25) is 24.9 Å². The Morgan fingerprint density at radius 3 is 2.88 bits per heavy atom. The van der Waals surface area contributed by atoms with Crippen LogP contribution in [0.3, 0.4) is 0 Å². The molecule has 0 saturated carbocycles. The van der Waals surface area contributed by atoms with E-state index < -0.39 is 24.4 Å². The fraction of sp³-hybridized carbons (Fsp3) is 0.267. The van der Waals surface area contributed by atoms with E-state index in [2.05, 4.69) is 20.5 Å². The van der Waals surface area contributed by atoms with Crippen LogP contribution in [0.15, 0.2) is 24.3 Å². The molecule has 1 aliphatic rings. The molecule has 1 fully saturated rings. The maximum absolute atomic E-state index is 13.2. The molecule has 2 N–H and O–H groups in total. The average molecular weight is 346 g/mol. The minimum Gasteiger partial charge on any atom is -0.318 e. The standard InChI is InChI=1S/C15H15FN6O3/c1-21-8-13(24)22(15(21)25)7-12(23)18-14-17-11(19-20-14)6-9-3-2-4-10(16)5-9/h2-5H,6-8H2,1H3,(H2,17,18,19,20,23). The molecule has 0 bridgehead atoms. The van der Waals surface area contributed by atoms with Crippen molar-refractivity contribution < 1.29 is 18.8 Å². The molecule has 130 valence electrons. The van der Waals surface area contributed by atoms with Crippen LogP contribution in [0.25, 0.3) is 0 Å². The van der Waals surface area contributed by atoms with Gasteiger partial charge in [0.2, 0.25) is 11.9 Å². The number of benzene rings is 1. The number of halogens is 1. The number of likely N-dealkylation sites (N-methyl/N-ethyl adjacent to an activating group) is 1. The number of urea groups is 1. The fourth-order valence-corrected chi connectivity index (χ4v) is 2.40. The van der Waals surface area contributed by atoms with E-state index in [1.54, 1.807) is 12.1 Å². The smallest absolute Gasteiger partial charge is 0.318 e. The largest absolute Gasteiger partial charge is 0.327 e. The number of nitrogens with zero attached hydrogens (tertiary/aromatic N) is 4. The Morgan fingerprint density at radius 2 is 2.20 bits per heavy atom. The van der Waals surface area contributed by atoms with Crippen molar-refractivity contribution in [2.45, 2.75) is 6.42 Å². The van der Waals surface area contributed by atoms with Gasteiger partial charge in [0, 0.05) is 13.5 Å². The van der Waals surface area contributed by atoms with E-state index in [1.807, 2.05) is 0 Å². The molecule has 2 heterocycles. The summed E-state index contributed by atoms with van der Waals surface area (Å²) in [4.78, 5) is 41.5. The second kappa shape index (κ2) is 6.67. The van der Waals surface area contributed by atoms with Crippen molar-refractivity contribution in [2.24, 2.45) is 0 Å². The Balaban J connectivity index is 1.58. The number of aromatic amines is 1. The van der Waals surface area contributed by atoms with Crippen molar-refractivity contribution in [1.82, 2.24) is 25.0 Å². The fourth-order valence-electron chi connectivity index (χ4n) is 2.40. The number of hydrogen-bond acceptors (Lipinski definition) is 5. The van der Waals surface area contributed by atoms with E-state index in [4.69, 9.17) is 0 Å². The summed E-state index contributed by atoms with van der Waals surface area (Å²) in [7, 11) is 1.48. The van der Waals surface area contributed by atoms with Crippen molar-refractivity contribution in [3.8, 4) is 0 Å². The molecule has 10 heteroatoms. The minimum atomic E-state index is -0.590. The first-order chi connectivity index (χ1) is 11.9. The molecule has 9 nitrogen and oxygen atoms in total. The van der Waals surface area contributed by atoms with E-state index in [0.717, 1.165) is 4.90 Å². The van der Waals surface area contributed by atoms with Crippen LogP contribution in [0, 0.1) is 5.82 Å². The number of hydrogen-bond donors (Lipinski definition) is 2. The number of amides is 4. The summed E-state index contributed by atoms with van der Waals surface area (Å²) in [5, 5.41) is 8.90. The van der Waals surface area contributed by atoms with E-state index in [1.165, 1.54) is 24.1 Å². The predicted octanol–water partition coefficient (Wildman–Crippen LogP) is 0.367. The third-order valence-corrected chi connectivity index (χ3v) is 3.58. The lowest BCUT2D eigenvalue weighted by Crippen LogP contribution is -2.38. The van der Waals surface area contributed by atoms with Crippen LogP contribution in [0.2, 0.25) is 0 Å². The molecule has 1 aromatic heterocycles. The molecule has 25 heavy (non-hydrogen) atoms. The van der Waals surface area contributed by atoms with Crippen LogP contribution in [0.1, 0.15) is 11.4 Å². The van der Waals surface area contributed by atoms with Gasteiger partial charge < -0.3 is 4.90 Å². The van der Waals surface area contributed by atoms with Gasteiger partial charge in [0.15, 0.2) is 0 Å². The summed E-state index contributed by atoms with van der Waals surface area (Å²) in [5.41, 5.74) is 0.699. The monoisotopic (exact) mass is 346 g/mol. The van der Waals surface area contributed by atoms with Crippen LogP contribution in [0.4, 0.5) is 15.1 Å². The lowest BCUT2D eigenvalue weighted by atomic mass is 10.1. The van der Waals surface area contributed by atoms with Crippen LogP contribution in [0.5, 0.6) is 0 Å². The third-order valence-electron chi connectivity index (χ3n) is 3.58. The minimum absolute atomic E-state index is 0.0175. The van der Waals surface area contributed by atoms with Gasteiger partial charge in [-0.25, -0.2) is 9.18 Å². The molecule has 0 atom stereocenters. The van der Waals surface area contributed by atoms with Crippen LogP contribution in [-0.2, 0) is 16.0 Å². The number of imide groups is 1. The first kappa shape index (κ1) is 16.6. The van der Waals surface area contributed by atoms with Crippen molar-refractivity contribution in [3.63, 3.8) is 0 Å². The number of carbonyl (C=O) groups excluding carboxylic acids is 3. The number of H-pyrrole nitrogens is 1. The molecular formula is C15H15FN6O3. The second-order valence-electron chi connectivity index (χ2n) is 5.58. The Hall–Kier alpha value is -3.30. The summed E-state index contributed by atoms with van der Waals surface area (Å²) >= 11 is 0. The quantitative estimate of drug-likeness (QED) is 0.760. The normalized spacial score (nSPS) is 14.3. The number of carbonyl (C=O) groups is 3. The number of anilines is 1. The molecule has 0 radical (unpaired) electrons. The Bertz CT molecular complexity index is 836. The van der Waals surface area contributed by atoms with Gasteiger partial charge in [0.05, 0.1) is 0 Å². The first-order valence-electron chi connectivity index (χ1n) is 7.43. The van der Waals surface area contributed by atoms with Gasteiger partial charge in [0.25, 0.3) is 5.91 Å². The molecular weight excluding hydrogens is 331 g/mol. The highest BCUT2D eigenvalue weighted by Crippen LogP contribution is 2.10. The zero-order valence-electron chi connectivity index (χ0n) is 13.3. The molecule has 1 saturated heterocycles. The SMILES string of the molecule is CN1CC(=O)N(CC(=O)Nc2n[nH]c(Cc3cccc(F)c3)n2)C1=O. The highest BCUT2D eigenvalue weighted by molar-refractivity contribution is 6.05. The topological polar surface area (TPSA) is 111 Å². The molecule has 0 aliphatic carbocycles. The molecule has 4 amide bonds. The van der Waals surface area contributed by atoms with Crippen LogP contribution < -0.4 is 5.32 Å².